The van der Waals surface area contributed by atoms with Crippen molar-refractivity contribution in [3.05, 3.63) is 12.2 Å². The maximum absolute atomic E-state index is 10.8. The molecular formula is C14H24O2. The molecule has 1 aliphatic rings. The molecule has 1 heterocycles. The summed E-state index contributed by atoms with van der Waals surface area (Å²) in [6.45, 7) is 2.24. The van der Waals surface area contributed by atoms with E-state index in [-0.39, 0.29) is 12.1 Å². The maximum atomic E-state index is 10.8. The molecule has 0 aromatic carbocycles. The predicted octanol–water partition coefficient (Wildman–Crippen LogP) is 4.00. The van der Waals surface area contributed by atoms with Crippen molar-refractivity contribution in [3.63, 3.8) is 0 Å². The Balaban J connectivity index is 1.90. The lowest BCUT2D eigenvalue weighted by molar-refractivity contribution is -0.141. The van der Waals surface area contributed by atoms with Gasteiger partial charge in [0.05, 0.1) is 0 Å². The highest BCUT2D eigenvalue weighted by Crippen LogP contribution is 2.17. The van der Waals surface area contributed by atoms with Gasteiger partial charge in [0.25, 0.3) is 0 Å². The third-order valence-electron chi connectivity index (χ3n) is 3.01. The van der Waals surface area contributed by atoms with Crippen LogP contribution in [0.15, 0.2) is 12.2 Å². The Kier molecular flexibility index (Phi) is 6.95. The van der Waals surface area contributed by atoms with Crippen LogP contribution in [0.2, 0.25) is 0 Å². The van der Waals surface area contributed by atoms with Gasteiger partial charge in [0.2, 0.25) is 0 Å². The van der Waals surface area contributed by atoms with Gasteiger partial charge in [-0.25, -0.2) is 0 Å². The number of hydrogen-bond acceptors (Lipinski definition) is 2. The fourth-order valence-electron chi connectivity index (χ4n) is 1.98. The van der Waals surface area contributed by atoms with Gasteiger partial charge in [-0.1, -0.05) is 44.8 Å². The minimum absolute atomic E-state index is 0.0297. The first kappa shape index (κ1) is 13.3. The molecule has 1 fully saturated rings. The summed E-state index contributed by atoms with van der Waals surface area (Å²) in [5.74, 6) is -0.0297. The van der Waals surface area contributed by atoms with Crippen LogP contribution in [0.5, 0.6) is 0 Å². The molecule has 0 bridgehead atoms. The Morgan fingerprint density at radius 2 is 2.06 bits per heavy atom. The molecule has 1 saturated heterocycles. The molecule has 0 unspecified atom stereocenters. The van der Waals surface area contributed by atoms with E-state index in [1.807, 2.05) is 0 Å². The van der Waals surface area contributed by atoms with Gasteiger partial charge in [0, 0.05) is 12.8 Å². The lowest BCUT2D eigenvalue weighted by atomic mass is 10.1. The highest BCUT2D eigenvalue weighted by atomic mass is 16.5. The van der Waals surface area contributed by atoms with Crippen molar-refractivity contribution in [3.8, 4) is 0 Å². The number of rotatable bonds is 8. The van der Waals surface area contributed by atoms with Gasteiger partial charge >= 0.3 is 5.97 Å². The fraction of sp³-hybridized carbons (Fsp3) is 0.786. The van der Waals surface area contributed by atoms with Crippen LogP contribution in [-0.2, 0) is 9.53 Å². The van der Waals surface area contributed by atoms with Gasteiger partial charge in [-0.05, 0) is 19.3 Å². The maximum Gasteiger partial charge on any atom is 0.306 e. The second kappa shape index (κ2) is 8.37. The normalized spacial score (nSPS) is 20.6. The highest BCUT2D eigenvalue weighted by Gasteiger charge is 2.21. The van der Waals surface area contributed by atoms with Crippen molar-refractivity contribution in [2.45, 2.75) is 70.8 Å². The average molecular weight is 224 g/mol. The van der Waals surface area contributed by atoms with E-state index in [0.29, 0.717) is 6.42 Å². The number of hydrogen-bond donors (Lipinski definition) is 0. The van der Waals surface area contributed by atoms with E-state index in [4.69, 9.17) is 4.74 Å². The van der Waals surface area contributed by atoms with Gasteiger partial charge in [-0.15, -0.1) is 0 Å². The fourth-order valence-corrected chi connectivity index (χ4v) is 1.98. The minimum atomic E-state index is -0.0297. The van der Waals surface area contributed by atoms with E-state index < -0.39 is 0 Å². The van der Waals surface area contributed by atoms with E-state index >= 15 is 0 Å². The summed E-state index contributed by atoms with van der Waals surface area (Å²) < 4.78 is 5.13. The monoisotopic (exact) mass is 224 g/mol. The molecule has 0 aromatic rings. The standard InChI is InChI=1S/C14H24O2/c1-2-3-4-5-6-7-8-9-10-13-11-12-14(15)16-13/h8-9,13H,2-7,10-12H2,1H3/t13-/m0/s1. The lowest BCUT2D eigenvalue weighted by Crippen LogP contribution is -2.04. The quantitative estimate of drug-likeness (QED) is 0.354. The van der Waals surface area contributed by atoms with Crippen LogP contribution >= 0.6 is 0 Å². The van der Waals surface area contributed by atoms with Crippen LogP contribution in [0.3, 0.4) is 0 Å². The molecule has 1 atom stereocenters. The third kappa shape index (κ3) is 5.94. The van der Waals surface area contributed by atoms with Gasteiger partial charge in [-0.2, -0.15) is 0 Å². The molecule has 16 heavy (non-hydrogen) atoms. The molecule has 2 nitrogen and oxygen atoms in total. The van der Waals surface area contributed by atoms with Crippen LogP contribution in [0.1, 0.15) is 64.7 Å². The van der Waals surface area contributed by atoms with Crippen LogP contribution < -0.4 is 0 Å². The van der Waals surface area contributed by atoms with Crippen molar-refractivity contribution >= 4 is 5.97 Å². The van der Waals surface area contributed by atoms with Gasteiger partial charge in [-0.3, -0.25) is 4.79 Å². The summed E-state index contributed by atoms with van der Waals surface area (Å²) >= 11 is 0. The second-order valence-electron chi connectivity index (χ2n) is 4.56. The molecule has 1 rings (SSSR count). The number of cyclic esters (lactones) is 1. The first-order chi connectivity index (χ1) is 7.83. The Bertz CT molecular complexity index is 221. The van der Waals surface area contributed by atoms with Crippen molar-refractivity contribution in [2.24, 2.45) is 0 Å². The van der Waals surface area contributed by atoms with Gasteiger partial charge < -0.3 is 4.74 Å². The summed E-state index contributed by atoms with van der Waals surface area (Å²) in [5.41, 5.74) is 0. The molecule has 0 aromatic heterocycles. The first-order valence-corrected chi connectivity index (χ1v) is 6.67. The lowest BCUT2D eigenvalue weighted by Gasteiger charge is -2.04. The smallest absolute Gasteiger partial charge is 0.306 e. The molecule has 0 saturated carbocycles. The Hall–Kier alpha value is -0.790. The Morgan fingerprint density at radius 1 is 1.25 bits per heavy atom. The number of unbranched alkanes of at least 4 members (excludes halogenated alkanes) is 5. The Labute approximate surface area is 99.1 Å². The van der Waals surface area contributed by atoms with Gasteiger partial charge in [0.1, 0.15) is 6.10 Å². The summed E-state index contributed by atoms with van der Waals surface area (Å²) in [4.78, 5) is 10.8. The topological polar surface area (TPSA) is 26.3 Å². The number of allylic oxidation sites excluding steroid dienone is 1. The molecule has 0 N–H and O–H groups in total. The molecule has 0 amide bonds. The third-order valence-corrected chi connectivity index (χ3v) is 3.01. The molecule has 1 aliphatic heterocycles. The van der Waals surface area contributed by atoms with Crippen LogP contribution in [0.4, 0.5) is 0 Å². The number of esters is 1. The SMILES string of the molecule is CCCCCCCC=CC[C@H]1CCC(=O)O1. The summed E-state index contributed by atoms with van der Waals surface area (Å²) in [7, 11) is 0. The summed E-state index contributed by atoms with van der Waals surface area (Å²) in [6, 6.07) is 0. The van der Waals surface area contributed by atoms with Crippen LogP contribution in [0, 0.1) is 0 Å². The zero-order chi connectivity index (χ0) is 11.6. The zero-order valence-electron chi connectivity index (χ0n) is 10.4. The molecule has 2 heteroatoms. The molecule has 0 radical (unpaired) electrons. The number of ether oxygens (including phenoxy) is 1. The van der Waals surface area contributed by atoms with Crippen LogP contribution in [-0.4, -0.2) is 12.1 Å². The second-order valence-corrected chi connectivity index (χ2v) is 4.56. The molecule has 0 spiro atoms. The predicted molar refractivity (Wildman–Crippen MR) is 66.2 cm³/mol. The summed E-state index contributed by atoms with van der Waals surface area (Å²) in [6.07, 6.45) is 14.8. The first-order valence-electron chi connectivity index (χ1n) is 6.67. The zero-order valence-corrected chi connectivity index (χ0v) is 10.4. The van der Waals surface area contributed by atoms with E-state index in [1.54, 1.807) is 0 Å². The minimum Gasteiger partial charge on any atom is -0.462 e. The number of carbonyl (C=O) groups is 1. The van der Waals surface area contributed by atoms with Crippen molar-refractivity contribution in [1.82, 2.24) is 0 Å². The molecule has 0 aliphatic carbocycles. The van der Waals surface area contributed by atoms with E-state index in [2.05, 4.69) is 19.1 Å². The van der Waals surface area contributed by atoms with Gasteiger partial charge in [0.15, 0.2) is 0 Å². The van der Waals surface area contributed by atoms with E-state index in [1.165, 1.54) is 38.5 Å². The van der Waals surface area contributed by atoms with Crippen molar-refractivity contribution < 1.29 is 9.53 Å². The summed E-state index contributed by atoms with van der Waals surface area (Å²) in [5, 5.41) is 0. The van der Waals surface area contributed by atoms with Crippen molar-refractivity contribution in [1.29, 1.82) is 0 Å². The molecular weight excluding hydrogens is 200 g/mol. The Morgan fingerprint density at radius 3 is 2.75 bits per heavy atom. The molecule has 92 valence electrons. The van der Waals surface area contributed by atoms with E-state index in [0.717, 1.165) is 12.8 Å². The number of carbonyl (C=O) groups excluding carboxylic acids is 1. The highest BCUT2D eigenvalue weighted by molar-refractivity contribution is 5.71. The van der Waals surface area contributed by atoms with Crippen LogP contribution in [0.25, 0.3) is 0 Å². The average Bonchev–Trinajstić information content (AvgIpc) is 2.68. The largest absolute Gasteiger partial charge is 0.462 e. The van der Waals surface area contributed by atoms with Crippen molar-refractivity contribution in [2.75, 3.05) is 0 Å². The van der Waals surface area contributed by atoms with E-state index in [9.17, 15) is 4.79 Å².